The third kappa shape index (κ3) is 4.10. The Bertz CT molecular complexity index is 220. The summed E-state index contributed by atoms with van der Waals surface area (Å²) in [4.78, 5) is 17.8. The lowest BCUT2D eigenvalue weighted by Crippen LogP contribution is -1.81. The first-order valence-corrected chi connectivity index (χ1v) is 2.87. The van der Waals surface area contributed by atoms with E-state index in [1.165, 1.54) is 18.4 Å². The van der Waals surface area contributed by atoms with Crippen molar-refractivity contribution in [1.29, 1.82) is 0 Å². The quantitative estimate of drug-likeness (QED) is 0.283. The Morgan fingerprint density at radius 1 is 1.73 bits per heavy atom. The molecule has 0 bridgehead atoms. The smallest absolute Gasteiger partial charge is 0.409 e. The van der Waals surface area contributed by atoms with Crippen LogP contribution in [0.15, 0.2) is 22.8 Å². The second-order valence-corrected chi connectivity index (χ2v) is 1.48. The summed E-state index contributed by atoms with van der Waals surface area (Å²) in [5.74, 6) is 0.00463. The van der Waals surface area contributed by atoms with Crippen molar-refractivity contribution in [1.82, 2.24) is 0 Å². The van der Waals surface area contributed by atoms with E-state index in [4.69, 9.17) is 4.79 Å². The van der Waals surface area contributed by atoms with Crippen LogP contribution in [0.25, 0.3) is 0 Å². The van der Waals surface area contributed by atoms with Crippen LogP contribution in [0.1, 0.15) is 0 Å². The minimum Gasteiger partial charge on any atom is -0.409 e. The van der Waals surface area contributed by atoms with Gasteiger partial charge >= 0.3 is 5.88 Å². The molecule has 6 heteroatoms. The van der Waals surface area contributed by atoms with E-state index in [9.17, 15) is 10.1 Å². The van der Waals surface area contributed by atoms with Gasteiger partial charge in [0, 0.05) is 0 Å². The number of rotatable bonds is 1. The molecule has 5 nitrogen and oxygen atoms in total. The van der Waals surface area contributed by atoms with E-state index in [1.54, 1.807) is 0 Å². The number of furan rings is 1. The van der Waals surface area contributed by atoms with E-state index in [0.717, 1.165) is 0 Å². The molecular formula is C5H4ClNO4. The van der Waals surface area contributed by atoms with Crippen molar-refractivity contribution in [2.45, 2.75) is 0 Å². The zero-order valence-corrected chi connectivity index (χ0v) is 6.02. The van der Waals surface area contributed by atoms with Crippen LogP contribution < -0.4 is 0 Å². The number of carbonyl (C=O) groups excluding carboxylic acids is 1. The molecule has 1 rings (SSSR count). The van der Waals surface area contributed by atoms with Gasteiger partial charge in [0.2, 0.25) is 5.75 Å². The Morgan fingerprint density at radius 2 is 2.27 bits per heavy atom. The molecule has 0 radical (unpaired) electrons. The van der Waals surface area contributed by atoms with Gasteiger partial charge in [0.25, 0.3) is 0 Å². The first-order chi connectivity index (χ1) is 5.22. The van der Waals surface area contributed by atoms with E-state index in [0.29, 0.717) is 0 Å². The highest BCUT2D eigenvalue weighted by atomic mass is 35.5. The topological polar surface area (TPSA) is 73.3 Å². The van der Waals surface area contributed by atoms with Crippen molar-refractivity contribution in [3.8, 4) is 0 Å². The molecule has 0 amide bonds. The highest BCUT2D eigenvalue weighted by Crippen LogP contribution is 2.08. The van der Waals surface area contributed by atoms with Gasteiger partial charge in [-0.3, -0.25) is 14.9 Å². The summed E-state index contributed by atoms with van der Waals surface area (Å²) >= 11 is 4.32. The largest absolute Gasteiger partial charge is 0.432 e. The molecule has 0 aliphatic rings. The summed E-state index contributed by atoms with van der Waals surface area (Å²) in [5.41, 5.74) is 0. The maximum atomic E-state index is 9.77. The van der Waals surface area contributed by atoms with Crippen LogP contribution in [0.3, 0.4) is 0 Å². The first kappa shape index (κ1) is 9.64. The first-order valence-electron chi connectivity index (χ1n) is 2.44. The standard InChI is InChI=1S/C4H3NO3.CHClO/c6-5(7)4-2-1-3-8-4;2-1-3/h1-3H;1H. The highest BCUT2D eigenvalue weighted by molar-refractivity contribution is 6.54. The van der Waals surface area contributed by atoms with Crippen molar-refractivity contribution >= 4 is 23.2 Å². The minimum atomic E-state index is -0.583. The number of nitrogens with zero attached hydrogens (tertiary/aromatic N) is 1. The fourth-order valence-electron chi connectivity index (χ4n) is 0.374. The predicted molar refractivity (Wildman–Crippen MR) is 38.0 cm³/mol. The van der Waals surface area contributed by atoms with E-state index in [1.807, 2.05) is 0 Å². The fourth-order valence-corrected chi connectivity index (χ4v) is 0.374. The predicted octanol–water partition coefficient (Wildman–Crippen LogP) is 1.60. The molecule has 11 heavy (non-hydrogen) atoms. The number of nitro groups is 1. The van der Waals surface area contributed by atoms with E-state index in [2.05, 4.69) is 16.0 Å². The molecule has 1 heterocycles. The molecule has 0 saturated carbocycles. The molecule has 0 N–H and O–H groups in total. The van der Waals surface area contributed by atoms with Crippen molar-refractivity contribution in [2.24, 2.45) is 0 Å². The minimum absolute atomic E-state index is 0.218. The molecule has 0 saturated heterocycles. The molecular weight excluding hydrogens is 174 g/mol. The Hall–Kier alpha value is -1.36. The van der Waals surface area contributed by atoms with Crippen molar-refractivity contribution in [3.05, 3.63) is 28.5 Å². The third-order valence-electron chi connectivity index (χ3n) is 0.686. The summed E-state index contributed by atoms with van der Waals surface area (Å²) in [6, 6.07) is 2.76. The number of hydrogen-bond acceptors (Lipinski definition) is 4. The molecule has 1 aromatic rings. The summed E-state index contributed by atoms with van der Waals surface area (Å²) in [5, 5.41) is 9.77. The molecule has 0 aliphatic heterocycles. The van der Waals surface area contributed by atoms with Crippen LogP contribution in [0.4, 0.5) is 5.88 Å². The zero-order valence-electron chi connectivity index (χ0n) is 5.27. The maximum Gasteiger partial charge on any atom is 0.432 e. The summed E-state index contributed by atoms with van der Waals surface area (Å²) in [7, 11) is 0. The molecule has 0 fully saturated rings. The van der Waals surface area contributed by atoms with Crippen LogP contribution in [0.2, 0.25) is 0 Å². The normalized spacial score (nSPS) is 7.73. The van der Waals surface area contributed by atoms with Crippen molar-refractivity contribution in [3.63, 3.8) is 0 Å². The monoisotopic (exact) mass is 177 g/mol. The van der Waals surface area contributed by atoms with Gasteiger partial charge in [0.05, 0.1) is 12.3 Å². The van der Waals surface area contributed by atoms with Gasteiger partial charge in [-0.2, -0.15) is 0 Å². The Morgan fingerprint density at radius 3 is 2.45 bits per heavy atom. The molecule has 1 aromatic heterocycles. The Labute approximate surface area is 66.7 Å². The van der Waals surface area contributed by atoms with Gasteiger partial charge in [0.15, 0.2) is 0 Å². The molecule has 0 spiro atoms. The van der Waals surface area contributed by atoms with Crippen LogP contribution in [-0.2, 0) is 4.79 Å². The molecule has 0 unspecified atom stereocenters. The summed E-state index contributed by atoms with van der Waals surface area (Å²) in [6.45, 7) is 0. The van der Waals surface area contributed by atoms with E-state index >= 15 is 0 Å². The summed E-state index contributed by atoms with van der Waals surface area (Å²) in [6.07, 6.45) is 1.26. The Kier molecular flexibility index (Phi) is 4.76. The van der Waals surface area contributed by atoms with E-state index in [-0.39, 0.29) is 11.6 Å². The van der Waals surface area contributed by atoms with E-state index < -0.39 is 4.92 Å². The number of halogens is 1. The molecule has 0 aliphatic carbocycles. The lowest BCUT2D eigenvalue weighted by Gasteiger charge is -1.76. The number of carbonyl (C=O) groups is 1. The van der Waals surface area contributed by atoms with Crippen molar-refractivity contribution < 1.29 is 14.1 Å². The lowest BCUT2D eigenvalue weighted by molar-refractivity contribution is -0.402. The lowest BCUT2D eigenvalue weighted by atomic mass is 10.6. The van der Waals surface area contributed by atoms with Gasteiger partial charge in [-0.1, -0.05) is 0 Å². The Balaban J connectivity index is 0.000000292. The SMILES string of the molecule is O=CCl.O=[N+]([O-])c1ccco1. The van der Waals surface area contributed by atoms with Gasteiger partial charge in [-0.15, -0.1) is 0 Å². The average Bonchev–Trinajstić information content (AvgIpc) is 2.38. The molecule has 60 valence electrons. The van der Waals surface area contributed by atoms with Crippen molar-refractivity contribution in [2.75, 3.05) is 0 Å². The third-order valence-corrected chi connectivity index (χ3v) is 0.686. The fraction of sp³-hybridized carbons (Fsp3) is 0. The maximum absolute atomic E-state index is 9.77. The molecule has 0 aromatic carbocycles. The zero-order chi connectivity index (χ0) is 8.69. The summed E-state index contributed by atoms with van der Waals surface area (Å²) < 4.78 is 4.40. The second kappa shape index (κ2) is 5.43. The van der Waals surface area contributed by atoms with Crippen LogP contribution in [0, 0.1) is 10.1 Å². The van der Waals surface area contributed by atoms with Gasteiger partial charge in [-0.05, 0) is 17.7 Å². The van der Waals surface area contributed by atoms with Crippen LogP contribution >= 0.6 is 11.6 Å². The molecule has 0 atom stereocenters. The van der Waals surface area contributed by atoms with Crippen LogP contribution in [0.5, 0.6) is 0 Å². The van der Waals surface area contributed by atoms with Gasteiger partial charge in [-0.25, -0.2) is 0 Å². The highest BCUT2D eigenvalue weighted by Gasteiger charge is 2.04. The average molecular weight is 178 g/mol. The second-order valence-electron chi connectivity index (χ2n) is 1.30. The van der Waals surface area contributed by atoms with Gasteiger partial charge in [0.1, 0.15) is 4.92 Å². The van der Waals surface area contributed by atoms with Gasteiger partial charge < -0.3 is 4.42 Å². The number of hydrogen-bond donors (Lipinski definition) is 0. The van der Waals surface area contributed by atoms with Crippen LogP contribution in [-0.4, -0.2) is 10.7 Å².